The van der Waals surface area contributed by atoms with E-state index in [9.17, 15) is 0 Å². The molecule has 0 fully saturated rings. The summed E-state index contributed by atoms with van der Waals surface area (Å²) in [5.41, 5.74) is 1.09. The third-order valence-corrected chi connectivity index (χ3v) is 1.12. The molecule has 0 spiro atoms. The van der Waals surface area contributed by atoms with Crippen molar-refractivity contribution in [1.29, 1.82) is 0 Å². The Labute approximate surface area is 63.1 Å². The van der Waals surface area contributed by atoms with Crippen LogP contribution in [-0.4, -0.2) is 7.05 Å². The SMILES string of the molecule is C=C/C=C(\C=C/CC)NC. The van der Waals surface area contributed by atoms with Crippen LogP contribution in [0.25, 0.3) is 0 Å². The van der Waals surface area contributed by atoms with Crippen LogP contribution in [0.4, 0.5) is 0 Å². The predicted octanol–water partition coefficient (Wildman–Crippen LogP) is 2.24. The molecule has 0 amide bonds. The van der Waals surface area contributed by atoms with E-state index in [1.54, 1.807) is 6.08 Å². The van der Waals surface area contributed by atoms with Crippen LogP contribution < -0.4 is 5.32 Å². The van der Waals surface area contributed by atoms with E-state index in [2.05, 4.69) is 24.9 Å². The van der Waals surface area contributed by atoms with Gasteiger partial charge in [-0.2, -0.15) is 0 Å². The summed E-state index contributed by atoms with van der Waals surface area (Å²) in [5.74, 6) is 0. The molecule has 0 aromatic carbocycles. The molecule has 10 heavy (non-hydrogen) atoms. The first-order valence-corrected chi connectivity index (χ1v) is 3.52. The first-order chi connectivity index (χ1) is 4.85. The lowest BCUT2D eigenvalue weighted by atomic mass is 10.3. The van der Waals surface area contributed by atoms with Crippen LogP contribution in [0.2, 0.25) is 0 Å². The Bertz CT molecular complexity index is 143. The molecule has 0 rings (SSSR count). The molecule has 0 saturated heterocycles. The second-order valence-electron chi connectivity index (χ2n) is 1.92. The molecule has 0 aliphatic carbocycles. The van der Waals surface area contributed by atoms with E-state index in [-0.39, 0.29) is 0 Å². The van der Waals surface area contributed by atoms with Gasteiger partial charge in [0.05, 0.1) is 0 Å². The fraction of sp³-hybridized carbons (Fsp3) is 0.333. The van der Waals surface area contributed by atoms with Gasteiger partial charge in [0.2, 0.25) is 0 Å². The van der Waals surface area contributed by atoms with Gasteiger partial charge >= 0.3 is 0 Å². The van der Waals surface area contributed by atoms with Crippen molar-refractivity contribution in [2.24, 2.45) is 0 Å². The number of rotatable bonds is 4. The first kappa shape index (κ1) is 9.02. The molecule has 1 heteroatoms. The van der Waals surface area contributed by atoms with Crippen molar-refractivity contribution in [2.75, 3.05) is 7.05 Å². The average Bonchev–Trinajstić information content (AvgIpc) is 1.98. The molecule has 0 heterocycles. The monoisotopic (exact) mass is 137 g/mol. The molecule has 0 atom stereocenters. The van der Waals surface area contributed by atoms with Gasteiger partial charge in [0.1, 0.15) is 0 Å². The number of allylic oxidation sites excluding steroid dienone is 4. The zero-order valence-electron chi connectivity index (χ0n) is 6.72. The Morgan fingerprint density at radius 1 is 1.60 bits per heavy atom. The summed E-state index contributed by atoms with van der Waals surface area (Å²) in [4.78, 5) is 0. The molecule has 1 N–H and O–H groups in total. The quantitative estimate of drug-likeness (QED) is 0.586. The Hall–Kier alpha value is -0.980. The predicted molar refractivity (Wildman–Crippen MR) is 46.8 cm³/mol. The lowest BCUT2D eigenvalue weighted by Crippen LogP contribution is -2.01. The molecular weight excluding hydrogens is 122 g/mol. The largest absolute Gasteiger partial charge is 0.388 e. The molecule has 0 radical (unpaired) electrons. The van der Waals surface area contributed by atoms with Crippen molar-refractivity contribution in [3.05, 3.63) is 36.6 Å². The van der Waals surface area contributed by atoms with Crippen LogP contribution in [0.3, 0.4) is 0 Å². The van der Waals surface area contributed by atoms with Gasteiger partial charge in [-0.25, -0.2) is 0 Å². The second kappa shape index (κ2) is 6.14. The minimum absolute atomic E-state index is 1.07. The normalized spacial score (nSPS) is 12.0. The van der Waals surface area contributed by atoms with Crippen LogP contribution in [-0.2, 0) is 0 Å². The Morgan fingerprint density at radius 2 is 2.30 bits per heavy atom. The van der Waals surface area contributed by atoms with Gasteiger partial charge in [0, 0.05) is 12.7 Å². The molecule has 0 saturated carbocycles. The summed E-state index contributed by atoms with van der Waals surface area (Å²) in [6.07, 6.45) is 8.92. The molecule has 0 unspecified atom stereocenters. The molecule has 0 aromatic rings. The molecule has 0 aromatic heterocycles. The zero-order valence-corrected chi connectivity index (χ0v) is 6.72. The van der Waals surface area contributed by atoms with Crippen molar-refractivity contribution >= 4 is 0 Å². The van der Waals surface area contributed by atoms with Gasteiger partial charge in [0.15, 0.2) is 0 Å². The average molecular weight is 137 g/mol. The Kier molecular flexibility index (Phi) is 5.54. The fourth-order valence-corrected chi connectivity index (χ4v) is 0.594. The lowest BCUT2D eigenvalue weighted by molar-refractivity contribution is 1.03. The maximum absolute atomic E-state index is 3.61. The van der Waals surface area contributed by atoms with Crippen LogP contribution in [0.5, 0.6) is 0 Å². The second-order valence-corrected chi connectivity index (χ2v) is 1.92. The Balaban J connectivity index is 3.94. The van der Waals surface area contributed by atoms with Gasteiger partial charge in [-0.3, -0.25) is 0 Å². The lowest BCUT2D eigenvalue weighted by Gasteiger charge is -1.96. The smallest absolute Gasteiger partial charge is 0.0334 e. The number of hydrogen-bond acceptors (Lipinski definition) is 1. The van der Waals surface area contributed by atoms with Gasteiger partial charge in [-0.15, -0.1) is 0 Å². The summed E-state index contributed by atoms with van der Waals surface area (Å²) >= 11 is 0. The summed E-state index contributed by atoms with van der Waals surface area (Å²) < 4.78 is 0. The van der Waals surface area contributed by atoms with E-state index in [0.717, 1.165) is 12.1 Å². The van der Waals surface area contributed by atoms with Crippen molar-refractivity contribution in [2.45, 2.75) is 13.3 Å². The zero-order chi connectivity index (χ0) is 7.82. The number of nitrogens with one attached hydrogen (secondary N) is 1. The molecule has 56 valence electrons. The van der Waals surface area contributed by atoms with Crippen LogP contribution in [0, 0.1) is 0 Å². The highest BCUT2D eigenvalue weighted by Gasteiger charge is 1.80. The minimum Gasteiger partial charge on any atom is -0.388 e. The van der Waals surface area contributed by atoms with Crippen molar-refractivity contribution in [1.82, 2.24) is 5.32 Å². The van der Waals surface area contributed by atoms with E-state index < -0.39 is 0 Å². The molecule has 1 nitrogen and oxygen atoms in total. The highest BCUT2D eigenvalue weighted by atomic mass is 14.8. The van der Waals surface area contributed by atoms with E-state index in [4.69, 9.17) is 0 Å². The van der Waals surface area contributed by atoms with Gasteiger partial charge in [-0.1, -0.05) is 25.7 Å². The van der Waals surface area contributed by atoms with Crippen molar-refractivity contribution in [3.63, 3.8) is 0 Å². The molecule has 0 aliphatic rings. The molecule has 0 aliphatic heterocycles. The highest BCUT2D eigenvalue weighted by Crippen LogP contribution is 1.92. The van der Waals surface area contributed by atoms with Crippen molar-refractivity contribution < 1.29 is 0 Å². The summed E-state index contributed by atoms with van der Waals surface area (Å²) in [7, 11) is 1.90. The third-order valence-electron chi connectivity index (χ3n) is 1.12. The minimum atomic E-state index is 1.07. The van der Waals surface area contributed by atoms with E-state index in [0.29, 0.717) is 0 Å². The van der Waals surface area contributed by atoms with Crippen molar-refractivity contribution in [3.8, 4) is 0 Å². The van der Waals surface area contributed by atoms with Crippen LogP contribution in [0.1, 0.15) is 13.3 Å². The number of hydrogen-bond donors (Lipinski definition) is 1. The summed E-state index contributed by atoms with van der Waals surface area (Å²) in [5, 5.41) is 3.04. The van der Waals surface area contributed by atoms with Gasteiger partial charge < -0.3 is 5.32 Å². The first-order valence-electron chi connectivity index (χ1n) is 3.52. The maximum Gasteiger partial charge on any atom is 0.0334 e. The highest BCUT2D eigenvalue weighted by molar-refractivity contribution is 5.20. The maximum atomic E-state index is 3.61. The van der Waals surface area contributed by atoms with E-state index in [1.807, 2.05) is 19.2 Å². The van der Waals surface area contributed by atoms with E-state index >= 15 is 0 Å². The van der Waals surface area contributed by atoms with Crippen LogP contribution in [0.15, 0.2) is 36.6 Å². The van der Waals surface area contributed by atoms with E-state index in [1.165, 1.54) is 0 Å². The van der Waals surface area contributed by atoms with Gasteiger partial charge in [-0.05, 0) is 18.6 Å². The van der Waals surface area contributed by atoms with Crippen LogP contribution >= 0.6 is 0 Å². The standard InChI is InChI=1S/C9H15N/c1-4-6-8-9(10-3)7-5-2/h5-8,10H,2,4H2,1,3H3/b8-6-,9-7+. The molecule has 0 bridgehead atoms. The fourth-order valence-electron chi connectivity index (χ4n) is 0.594. The summed E-state index contributed by atoms with van der Waals surface area (Å²) in [6, 6.07) is 0. The topological polar surface area (TPSA) is 12.0 Å². The van der Waals surface area contributed by atoms with Gasteiger partial charge in [0.25, 0.3) is 0 Å². The Morgan fingerprint density at radius 3 is 2.70 bits per heavy atom. The third kappa shape index (κ3) is 3.96. The number of likely N-dealkylation sites (N-methyl/N-ethyl adjacent to an activating group) is 1. The molecular formula is C9H15N. The summed E-state index contributed by atoms with van der Waals surface area (Å²) in [6.45, 7) is 5.72.